The molecular weight excluding hydrogens is 329 g/mol. The lowest BCUT2D eigenvalue weighted by atomic mass is 10.1. The van der Waals surface area contributed by atoms with Crippen LogP contribution < -0.4 is 4.74 Å². The Hall–Kier alpha value is -1.06. The SMILES string of the molecule is OC[C@H]1OC[C@H](OCc2cc(Cl)cc(OC(F)(F)F)c2)[C@@H]1O. The molecule has 2 rings (SSSR count). The molecule has 1 aliphatic heterocycles. The van der Waals surface area contributed by atoms with E-state index in [1.807, 2.05) is 0 Å². The molecule has 124 valence electrons. The minimum Gasteiger partial charge on any atom is -0.406 e. The molecular formula is C13H14ClF3O5. The van der Waals surface area contributed by atoms with Crippen LogP contribution in [0.4, 0.5) is 13.2 Å². The first kappa shape index (κ1) is 17.3. The largest absolute Gasteiger partial charge is 0.573 e. The van der Waals surface area contributed by atoms with Crippen LogP contribution in [0.1, 0.15) is 5.56 Å². The standard InChI is InChI=1S/C13H14ClF3O5/c14-8-1-7(2-9(3-8)22-13(15,16)17)5-20-11-6-21-10(4-18)12(11)19/h1-3,10-12,18-19H,4-6H2/t10-,11+,12-/m1/s1. The molecule has 0 saturated carbocycles. The molecule has 2 N–H and O–H groups in total. The summed E-state index contributed by atoms with van der Waals surface area (Å²) in [4.78, 5) is 0. The fourth-order valence-corrected chi connectivity index (χ4v) is 2.31. The molecule has 0 unspecified atom stereocenters. The van der Waals surface area contributed by atoms with Crippen molar-refractivity contribution in [2.24, 2.45) is 0 Å². The van der Waals surface area contributed by atoms with Gasteiger partial charge < -0.3 is 24.4 Å². The van der Waals surface area contributed by atoms with E-state index in [0.717, 1.165) is 12.1 Å². The Kier molecular flexibility index (Phi) is 5.51. The first-order valence-electron chi connectivity index (χ1n) is 6.36. The smallest absolute Gasteiger partial charge is 0.406 e. The van der Waals surface area contributed by atoms with Crippen molar-refractivity contribution in [3.05, 3.63) is 28.8 Å². The number of benzene rings is 1. The fourth-order valence-electron chi connectivity index (χ4n) is 2.06. The van der Waals surface area contributed by atoms with Gasteiger partial charge in [0.05, 0.1) is 19.8 Å². The van der Waals surface area contributed by atoms with E-state index in [2.05, 4.69) is 4.74 Å². The molecule has 22 heavy (non-hydrogen) atoms. The van der Waals surface area contributed by atoms with Crippen LogP contribution in [0.25, 0.3) is 0 Å². The minimum absolute atomic E-state index is 0.0665. The zero-order chi connectivity index (χ0) is 16.3. The molecule has 1 saturated heterocycles. The number of rotatable bonds is 5. The number of aliphatic hydroxyl groups is 2. The van der Waals surface area contributed by atoms with E-state index in [1.165, 1.54) is 6.07 Å². The molecule has 0 radical (unpaired) electrons. The topological polar surface area (TPSA) is 68.2 Å². The van der Waals surface area contributed by atoms with Gasteiger partial charge >= 0.3 is 6.36 Å². The molecule has 1 fully saturated rings. The highest BCUT2D eigenvalue weighted by Gasteiger charge is 2.36. The molecule has 1 aliphatic rings. The van der Waals surface area contributed by atoms with Crippen LogP contribution in [0.15, 0.2) is 18.2 Å². The van der Waals surface area contributed by atoms with Gasteiger partial charge in [0, 0.05) is 5.02 Å². The summed E-state index contributed by atoms with van der Waals surface area (Å²) in [5.41, 5.74) is 0.353. The van der Waals surface area contributed by atoms with E-state index in [-0.39, 0.29) is 24.8 Å². The molecule has 0 bridgehead atoms. The van der Waals surface area contributed by atoms with Gasteiger partial charge in [-0.15, -0.1) is 13.2 Å². The second kappa shape index (κ2) is 7.01. The average molecular weight is 343 g/mol. The maximum atomic E-state index is 12.2. The van der Waals surface area contributed by atoms with Gasteiger partial charge in [-0.25, -0.2) is 0 Å². The number of aliphatic hydroxyl groups excluding tert-OH is 2. The number of alkyl halides is 3. The van der Waals surface area contributed by atoms with Gasteiger partial charge in [0.25, 0.3) is 0 Å². The summed E-state index contributed by atoms with van der Waals surface area (Å²) in [7, 11) is 0. The minimum atomic E-state index is -4.81. The Morgan fingerprint density at radius 1 is 1.32 bits per heavy atom. The maximum absolute atomic E-state index is 12.2. The predicted molar refractivity (Wildman–Crippen MR) is 69.5 cm³/mol. The monoisotopic (exact) mass is 342 g/mol. The highest BCUT2D eigenvalue weighted by molar-refractivity contribution is 6.30. The fraction of sp³-hybridized carbons (Fsp3) is 0.538. The van der Waals surface area contributed by atoms with E-state index in [0.29, 0.717) is 5.56 Å². The third kappa shape index (κ3) is 4.72. The van der Waals surface area contributed by atoms with Crippen molar-refractivity contribution >= 4 is 11.6 Å². The highest BCUT2D eigenvalue weighted by atomic mass is 35.5. The summed E-state index contributed by atoms with van der Waals surface area (Å²) in [5.74, 6) is -0.449. The Morgan fingerprint density at radius 3 is 2.64 bits per heavy atom. The van der Waals surface area contributed by atoms with Crippen LogP contribution in [-0.2, 0) is 16.1 Å². The van der Waals surface area contributed by atoms with Crippen molar-refractivity contribution in [2.45, 2.75) is 31.3 Å². The zero-order valence-corrected chi connectivity index (χ0v) is 12.0. The van der Waals surface area contributed by atoms with Gasteiger partial charge in [0.2, 0.25) is 0 Å². The van der Waals surface area contributed by atoms with Crippen LogP contribution in [0.5, 0.6) is 5.75 Å². The van der Waals surface area contributed by atoms with Crippen LogP contribution in [0, 0.1) is 0 Å². The summed E-state index contributed by atoms with van der Waals surface area (Å²) in [6.45, 7) is -0.349. The van der Waals surface area contributed by atoms with Crippen LogP contribution in [0.2, 0.25) is 5.02 Å². The number of ether oxygens (including phenoxy) is 3. The van der Waals surface area contributed by atoms with Crippen molar-refractivity contribution in [2.75, 3.05) is 13.2 Å². The molecule has 1 aromatic rings. The summed E-state index contributed by atoms with van der Waals surface area (Å²) < 4.78 is 50.9. The maximum Gasteiger partial charge on any atom is 0.573 e. The molecule has 1 aromatic carbocycles. The Labute approximate surface area is 129 Å². The first-order chi connectivity index (χ1) is 10.3. The van der Waals surface area contributed by atoms with Crippen LogP contribution in [-0.4, -0.2) is 48.1 Å². The quantitative estimate of drug-likeness (QED) is 0.855. The normalized spacial score (nSPS) is 25.5. The van der Waals surface area contributed by atoms with Crippen molar-refractivity contribution in [1.29, 1.82) is 0 Å². The summed E-state index contributed by atoms with van der Waals surface area (Å²) in [6, 6.07) is 3.61. The summed E-state index contributed by atoms with van der Waals surface area (Å²) in [6.07, 6.45) is -7.22. The summed E-state index contributed by atoms with van der Waals surface area (Å²) >= 11 is 5.74. The molecule has 0 amide bonds. The Balaban J connectivity index is 1.98. The van der Waals surface area contributed by atoms with Crippen molar-refractivity contribution in [3.63, 3.8) is 0 Å². The Morgan fingerprint density at radius 2 is 2.05 bits per heavy atom. The predicted octanol–water partition coefficient (Wildman–Crippen LogP) is 1.88. The van der Waals surface area contributed by atoms with Gasteiger partial charge in [0.1, 0.15) is 24.1 Å². The van der Waals surface area contributed by atoms with Crippen LogP contribution in [0.3, 0.4) is 0 Å². The number of hydrogen-bond acceptors (Lipinski definition) is 5. The molecule has 3 atom stereocenters. The van der Waals surface area contributed by atoms with Gasteiger partial charge in [-0.3, -0.25) is 0 Å². The van der Waals surface area contributed by atoms with Gasteiger partial charge in [-0.1, -0.05) is 11.6 Å². The Bertz CT molecular complexity index is 511. The molecule has 0 aromatic heterocycles. The van der Waals surface area contributed by atoms with Crippen molar-refractivity contribution < 1.29 is 37.6 Å². The lowest BCUT2D eigenvalue weighted by Gasteiger charge is -2.17. The number of hydrogen-bond donors (Lipinski definition) is 2. The average Bonchev–Trinajstić information content (AvgIpc) is 2.74. The first-order valence-corrected chi connectivity index (χ1v) is 6.73. The van der Waals surface area contributed by atoms with Gasteiger partial charge in [-0.2, -0.15) is 0 Å². The second-order valence-corrected chi connectivity index (χ2v) is 5.17. The molecule has 1 heterocycles. The van der Waals surface area contributed by atoms with Gasteiger partial charge in [0.15, 0.2) is 0 Å². The van der Waals surface area contributed by atoms with Crippen LogP contribution >= 0.6 is 11.6 Å². The third-order valence-corrected chi connectivity index (χ3v) is 3.26. The number of halogens is 4. The lowest BCUT2D eigenvalue weighted by molar-refractivity contribution is -0.274. The molecule has 0 spiro atoms. The lowest BCUT2D eigenvalue weighted by Crippen LogP contribution is -2.33. The van der Waals surface area contributed by atoms with Crippen molar-refractivity contribution in [1.82, 2.24) is 0 Å². The second-order valence-electron chi connectivity index (χ2n) is 4.74. The van der Waals surface area contributed by atoms with E-state index < -0.39 is 30.4 Å². The van der Waals surface area contributed by atoms with Gasteiger partial charge in [-0.05, 0) is 23.8 Å². The van der Waals surface area contributed by atoms with E-state index in [1.54, 1.807) is 0 Å². The van der Waals surface area contributed by atoms with E-state index in [9.17, 15) is 18.3 Å². The third-order valence-electron chi connectivity index (χ3n) is 3.05. The highest BCUT2D eigenvalue weighted by Crippen LogP contribution is 2.28. The molecule has 0 aliphatic carbocycles. The summed E-state index contributed by atoms with van der Waals surface area (Å²) in [5, 5.41) is 18.8. The zero-order valence-electron chi connectivity index (χ0n) is 11.2. The molecule has 5 nitrogen and oxygen atoms in total. The molecule has 9 heteroatoms. The van der Waals surface area contributed by atoms with E-state index in [4.69, 9.17) is 26.2 Å². The van der Waals surface area contributed by atoms with Crippen molar-refractivity contribution in [3.8, 4) is 5.75 Å². The van der Waals surface area contributed by atoms with E-state index >= 15 is 0 Å².